The normalized spacial score (nSPS) is 10.7. The number of fused-ring (bicyclic) bond motifs is 2. The van der Waals surface area contributed by atoms with Crippen LogP contribution < -0.4 is 0 Å². The number of nitrogens with one attached hydrogen (secondary N) is 2. The van der Waals surface area contributed by atoms with Gasteiger partial charge in [-0.3, -0.25) is 0 Å². The standard InChI is InChI=1S/C19H12N4/c20-8-12-1-3-18-16(5-12)14(10-22-18)7-15-11-23-19-4-2-13(9-21)6-17(15)19/h1-6,10-11,22-23H,7H2. The number of hydrogen-bond acceptors (Lipinski definition) is 2. The molecule has 0 aliphatic heterocycles. The van der Waals surface area contributed by atoms with E-state index in [1.807, 2.05) is 48.8 Å². The maximum atomic E-state index is 9.09. The van der Waals surface area contributed by atoms with E-state index in [1.54, 1.807) is 0 Å². The smallest absolute Gasteiger partial charge is 0.0991 e. The first-order valence-electron chi connectivity index (χ1n) is 7.29. The molecule has 0 saturated heterocycles. The maximum absolute atomic E-state index is 9.09. The molecular formula is C19H12N4. The minimum atomic E-state index is 0.657. The number of rotatable bonds is 2. The average molecular weight is 296 g/mol. The van der Waals surface area contributed by atoms with E-state index < -0.39 is 0 Å². The Morgan fingerprint density at radius 3 is 1.65 bits per heavy atom. The minimum Gasteiger partial charge on any atom is -0.361 e. The summed E-state index contributed by atoms with van der Waals surface area (Å²) in [7, 11) is 0. The molecule has 0 aliphatic carbocycles. The molecule has 0 unspecified atom stereocenters. The molecule has 2 aromatic heterocycles. The van der Waals surface area contributed by atoms with Gasteiger partial charge in [0.15, 0.2) is 0 Å². The van der Waals surface area contributed by atoms with Gasteiger partial charge in [0.25, 0.3) is 0 Å². The number of hydrogen-bond donors (Lipinski definition) is 2. The van der Waals surface area contributed by atoms with Crippen LogP contribution in [-0.4, -0.2) is 9.97 Å². The van der Waals surface area contributed by atoms with E-state index >= 15 is 0 Å². The molecule has 2 N–H and O–H groups in total. The molecule has 0 spiro atoms. The lowest BCUT2D eigenvalue weighted by atomic mass is 10.0. The maximum Gasteiger partial charge on any atom is 0.0991 e. The molecule has 0 bridgehead atoms. The summed E-state index contributed by atoms with van der Waals surface area (Å²) >= 11 is 0. The molecule has 23 heavy (non-hydrogen) atoms. The fourth-order valence-corrected chi connectivity index (χ4v) is 2.99. The van der Waals surface area contributed by atoms with Crippen LogP contribution in [0, 0.1) is 22.7 Å². The summed E-state index contributed by atoms with van der Waals surface area (Å²) in [5, 5.41) is 20.3. The molecule has 0 atom stereocenters. The van der Waals surface area contributed by atoms with Crippen LogP contribution in [0.2, 0.25) is 0 Å². The van der Waals surface area contributed by atoms with Gasteiger partial charge in [0.05, 0.1) is 23.3 Å². The van der Waals surface area contributed by atoms with E-state index in [2.05, 4.69) is 22.1 Å². The Balaban J connectivity index is 1.82. The van der Waals surface area contributed by atoms with Gasteiger partial charge in [-0.05, 0) is 47.5 Å². The third-order valence-corrected chi connectivity index (χ3v) is 4.17. The molecule has 4 nitrogen and oxygen atoms in total. The van der Waals surface area contributed by atoms with Gasteiger partial charge in [-0.25, -0.2) is 0 Å². The first-order valence-corrected chi connectivity index (χ1v) is 7.29. The number of benzene rings is 2. The molecule has 0 radical (unpaired) electrons. The molecule has 2 heterocycles. The van der Waals surface area contributed by atoms with Crippen LogP contribution in [-0.2, 0) is 6.42 Å². The minimum absolute atomic E-state index is 0.657. The van der Waals surface area contributed by atoms with Crippen molar-refractivity contribution in [2.75, 3.05) is 0 Å². The predicted octanol–water partition coefficient (Wildman–Crippen LogP) is 3.98. The van der Waals surface area contributed by atoms with Crippen LogP contribution in [0.5, 0.6) is 0 Å². The second kappa shape index (κ2) is 5.05. The molecule has 4 aromatic rings. The fraction of sp³-hybridized carbons (Fsp3) is 0.0526. The summed E-state index contributed by atoms with van der Waals surface area (Å²) in [6, 6.07) is 15.7. The van der Waals surface area contributed by atoms with Crippen molar-refractivity contribution >= 4 is 21.8 Å². The first kappa shape index (κ1) is 13.2. The SMILES string of the molecule is N#Cc1ccc2[nH]cc(Cc3c[nH]c4ccc(C#N)cc34)c2c1. The summed E-state index contributed by atoms with van der Waals surface area (Å²) in [6.07, 6.45) is 4.71. The highest BCUT2D eigenvalue weighted by Gasteiger charge is 2.10. The molecule has 0 fully saturated rings. The highest BCUT2D eigenvalue weighted by atomic mass is 14.7. The largest absolute Gasteiger partial charge is 0.361 e. The Kier molecular flexibility index (Phi) is 2.89. The van der Waals surface area contributed by atoms with Crippen LogP contribution in [0.15, 0.2) is 48.8 Å². The summed E-state index contributed by atoms with van der Waals surface area (Å²) in [5.74, 6) is 0. The van der Waals surface area contributed by atoms with Gasteiger partial charge in [-0.1, -0.05) is 0 Å². The van der Waals surface area contributed by atoms with Crippen molar-refractivity contribution in [2.24, 2.45) is 0 Å². The van der Waals surface area contributed by atoms with Gasteiger partial charge in [0.1, 0.15) is 0 Å². The zero-order valence-corrected chi connectivity index (χ0v) is 12.2. The summed E-state index contributed by atoms with van der Waals surface area (Å²) < 4.78 is 0. The van der Waals surface area contributed by atoms with Gasteiger partial charge in [-0.2, -0.15) is 10.5 Å². The molecule has 0 aliphatic rings. The van der Waals surface area contributed by atoms with Crippen molar-refractivity contribution in [3.8, 4) is 12.1 Å². The fourth-order valence-electron chi connectivity index (χ4n) is 2.99. The van der Waals surface area contributed by atoms with Crippen molar-refractivity contribution in [1.29, 1.82) is 10.5 Å². The third kappa shape index (κ3) is 2.14. The average Bonchev–Trinajstić information content (AvgIpc) is 3.19. The van der Waals surface area contributed by atoms with Crippen LogP contribution in [0.3, 0.4) is 0 Å². The molecular weight excluding hydrogens is 284 g/mol. The van der Waals surface area contributed by atoms with Crippen LogP contribution >= 0.6 is 0 Å². The Labute approximate surface area is 132 Å². The van der Waals surface area contributed by atoms with Gasteiger partial charge in [0, 0.05) is 40.6 Å². The zero-order valence-electron chi connectivity index (χ0n) is 12.2. The lowest BCUT2D eigenvalue weighted by Crippen LogP contribution is -1.86. The van der Waals surface area contributed by atoms with E-state index in [9.17, 15) is 0 Å². The lowest BCUT2D eigenvalue weighted by molar-refractivity contribution is 1.22. The van der Waals surface area contributed by atoms with Gasteiger partial charge >= 0.3 is 0 Å². The van der Waals surface area contributed by atoms with Crippen molar-refractivity contribution < 1.29 is 0 Å². The summed E-state index contributed by atoms with van der Waals surface area (Å²) in [5.41, 5.74) is 5.64. The van der Waals surface area contributed by atoms with E-state index in [0.29, 0.717) is 11.1 Å². The number of H-pyrrole nitrogens is 2. The van der Waals surface area contributed by atoms with Crippen molar-refractivity contribution in [1.82, 2.24) is 9.97 Å². The third-order valence-electron chi connectivity index (χ3n) is 4.17. The van der Waals surface area contributed by atoms with Crippen LogP contribution in [0.25, 0.3) is 21.8 Å². The molecule has 0 amide bonds. The Bertz CT molecular complexity index is 1030. The Morgan fingerprint density at radius 1 is 0.739 bits per heavy atom. The highest BCUT2D eigenvalue weighted by Crippen LogP contribution is 2.26. The number of nitriles is 2. The summed E-state index contributed by atoms with van der Waals surface area (Å²) in [4.78, 5) is 6.50. The Hall–Kier alpha value is -3.50. The van der Waals surface area contributed by atoms with Crippen molar-refractivity contribution in [3.63, 3.8) is 0 Å². The molecule has 0 saturated carbocycles. The molecule has 4 heteroatoms. The van der Waals surface area contributed by atoms with E-state index in [4.69, 9.17) is 10.5 Å². The van der Waals surface area contributed by atoms with E-state index in [0.717, 1.165) is 39.4 Å². The molecule has 108 valence electrons. The molecule has 4 rings (SSSR count). The van der Waals surface area contributed by atoms with Gasteiger partial charge in [-0.15, -0.1) is 0 Å². The van der Waals surface area contributed by atoms with Gasteiger partial charge < -0.3 is 9.97 Å². The second-order valence-corrected chi connectivity index (χ2v) is 5.55. The molecule has 2 aromatic carbocycles. The second-order valence-electron chi connectivity index (χ2n) is 5.55. The lowest BCUT2D eigenvalue weighted by Gasteiger charge is -2.00. The monoisotopic (exact) mass is 296 g/mol. The summed E-state index contributed by atoms with van der Waals surface area (Å²) in [6.45, 7) is 0. The van der Waals surface area contributed by atoms with E-state index in [1.165, 1.54) is 0 Å². The number of aromatic amines is 2. The number of nitrogens with zero attached hydrogens (tertiary/aromatic N) is 2. The zero-order chi connectivity index (χ0) is 15.8. The van der Waals surface area contributed by atoms with Crippen LogP contribution in [0.4, 0.5) is 0 Å². The van der Waals surface area contributed by atoms with Crippen molar-refractivity contribution in [3.05, 3.63) is 71.0 Å². The number of aromatic nitrogens is 2. The quantitative estimate of drug-likeness (QED) is 0.586. The van der Waals surface area contributed by atoms with Crippen molar-refractivity contribution in [2.45, 2.75) is 6.42 Å². The Morgan fingerprint density at radius 2 is 1.22 bits per heavy atom. The highest BCUT2D eigenvalue weighted by molar-refractivity contribution is 5.88. The van der Waals surface area contributed by atoms with Gasteiger partial charge in [0.2, 0.25) is 0 Å². The van der Waals surface area contributed by atoms with E-state index in [-0.39, 0.29) is 0 Å². The topological polar surface area (TPSA) is 79.2 Å². The van der Waals surface area contributed by atoms with Crippen LogP contribution in [0.1, 0.15) is 22.3 Å². The first-order chi connectivity index (χ1) is 11.3. The predicted molar refractivity (Wildman–Crippen MR) is 88.8 cm³/mol.